The third-order valence-electron chi connectivity index (χ3n) is 3.08. The van der Waals surface area contributed by atoms with Crippen LogP contribution in [0.2, 0.25) is 0 Å². The topological polar surface area (TPSA) is 68.0 Å². The molecule has 0 radical (unpaired) electrons. The van der Waals surface area contributed by atoms with E-state index in [4.69, 9.17) is 5.11 Å². The second kappa shape index (κ2) is 5.82. The van der Waals surface area contributed by atoms with Crippen molar-refractivity contribution >= 4 is 17.1 Å². The molecular weight excluding hydrogens is 242 g/mol. The standard InChI is InChI=1S/C14H19N3O2/c1-3-7-17-12(8-10(2)9-13(18)19)16-11-5-4-6-15-14(11)17/h4-6,10H,3,7-9H2,1-2H3,(H,18,19). The molecule has 1 atom stereocenters. The van der Waals surface area contributed by atoms with Crippen LogP contribution in [0.5, 0.6) is 0 Å². The fourth-order valence-electron chi connectivity index (χ4n) is 2.30. The molecule has 2 aromatic heterocycles. The molecule has 0 aromatic carbocycles. The summed E-state index contributed by atoms with van der Waals surface area (Å²) in [6.45, 7) is 4.92. The van der Waals surface area contributed by atoms with Gasteiger partial charge >= 0.3 is 5.97 Å². The molecule has 0 aliphatic heterocycles. The number of carboxylic acids is 1. The Morgan fingerprint density at radius 2 is 2.32 bits per heavy atom. The number of carboxylic acid groups (broad SMARTS) is 1. The Morgan fingerprint density at radius 1 is 1.53 bits per heavy atom. The van der Waals surface area contributed by atoms with Crippen LogP contribution < -0.4 is 0 Å². The van der Waals surface area contributed by atoms with Crippen molar-refractivity contribution in [2.45, 2.75) is 39.7 Å². The van der Waals surface area contributed by atoms with E-state index in [2.05, 4.69) is 21.5 Å². The number of aryl methyl sites for hydroxylation is 1. The first kappa shape index (κ1) is 13.5. The van der Waals surface area contributed by atoms with Crippen LogP contribution in [-0.4, -0.2) is 25.6 Å². The number of hydrogen-bond acceptors (Lipinski definition) is 3. The van der Waals surface area contributed by atoms with Crippen molar-refractivity contribution in [2.75, 3.05) is 0 Å². The summed E-state index contributed by atoms with van der Waals surface area (Å²) in [5, 5.41) is 8.83. The molecule has 2 aromatic rings. The maximum atomic E-state index is 10.7. The van der Waals surface area contributed by atoms with Gasteiger partial charge < -0.3 is 9.67 Å². The van der Waals surface area contributed by atoms with Crippen molar-refractivity contribution in [3.8, 4) is 0 Å². The van der Waals surface area contributed by atoms with E-state index >= 15 is 0 Å². The van der Waals surface area contributed by atoms with Gasteiger partial charge in [-0.1, -0.05) is 13.8 Å². The average Bonchev–Trinajstić information content (AvgIpc) is 2.67. The van der Waals surface area contributed by atoms with Gasteiger partial charge in [0, 0.05) is 25.6 Å². The van der Waals surface area contributed by atoms with E-state index in [0.717, 1.165) is 30.0 Å². The normalized spacial score (nSPS) is 12.7. The van der Waals surface area contributed by atoms with E-state index < -0.39 is 5.97 Å². The Hall–Kier alpha value is -1.91. The first-order valence-electron chi connectivity index (χ1n) is 6.63. The van der Waals surface area contributed by atoms with Crippen LogP contribution in [0.25, 0.3) is 11.2 Å². The summed E-state index contributed by atoms with van der Waals surface area (Å²) in [5.41, 5.74) is 1.77. The lowest BCUT2D eigenvalue weighted by Gasteiger charge is -2.10. The zero-order chi connectivity index (χ0) is 13.8. The highest BCUT2D eigenvalue weighted by Crippen LogP contribution is 2.18. The highest BCUT2D eigenvalue weighted by atomic mass is 16.4. The molecule has 5 heteroatoms. The number of hydrogen-bond donors (Lipinski definition) is 1. The van der Waals surface area contributed by atoms with Crippen molar-refractivity contribution < 1.29 is 9.90 Å². The molecule has 2 heterocycles. The van der Waals surface area contributed by atoms with E-state index in [-0.39, 0.29) is 12.3 Å². The molecule has 1 N–H and O–H groups in total. The molecule has 19 heavy (non-hydrogen) atoms. The van der Waals surface area contributed by atoms with Crippen LogP contribution in [-0.2, 0) is 17.8 Å². The molecule has 0 saturated heterocycles. The van der Waals surface area contributed by atoms with Gasteiger partial charge in [-0.05, 0) is 24.5 Å². The van der Waals surface area contributed by atoms with Gasteiger partial charge in [-0.3, -0.25) is 4.79 Å². The molecule has 0 aliphatic carbocycles. The summed E-state index contributed by atoms with van der Waals surface area (Å²) in [7, 11) is 0. The lowest BCUT2D eigenvalue weighted by atomic mass is 10.0. The van der Waals surface area contributed by atoms with Crippen LogP contribution in [0.3, 0.4) is 0 Å². The second-order valence-corrected chi connectivity index (χ2v) is 4.93. The minimum atomic E-state index is -0.760. The van der Waals surface area contributed by atoms with Gasteiger partial charge in [-0.25, -0.2) is 9.97 Å². The summed E-state index contributed by atoms with van der Waals surface area (Å²) in [6, 6.07) is 3.82. The third-order valence-corrected chi connectivity index (χ3v) is 3.08. The number of nitrogens with zero attached hydrogens (tertiary/aromatic N) is 3. The Labute approximate surface area is 112 Å². The molecule has 0 spiro atoms. The van der Waals surface area contributed by atoms with Gasteiger partial charge in [0.15, 0.2) is 5.65 Å². The first-order valence-corrected chi connectivity index (χ1v) is 6.63. The Bertz CT molecular complexity index is 577. The average molecular weight is 261 g/mol. The number of fused-ring (bicyclic) bond motifs is 1. The fraction of sp³-hybridized carbons (Fsp3) is 0.500. The van der Waals surface area contributed by atoms with Gasteiger partial charge in [0.2, 0.25) is 0 Å². The summed E-state index contributed by atoms with van der Waals surface area (Å²) >= 11 is 0. The van der Waals surface area contributed by atoms with Gasteiger partial charge in [-0.2, -0.15) is 0 Å². The molecule has 0 aliphatic rings. The predicted molar refractivity (Wildman–Crippen MR) is 72.9 cm³/mol. The maximum Gasteiger partial charge on any atom is 0.303 e. The number of imidazole rings is 1. The molecule has 0 fully saturated rings. The Kier molecular flexibility index (Phi) is 4.14. The maximum absolute atomic E-state index is 10.7. The summed E-state index contributed by atoms with van der Waals surface area (Å²) in [5.74, 6) is 0.248. The third kappa shape index (κ3) is 3.10. The predicted octanol–water partition coefficient (Wildman–Crippen LogP) is 2.49. The van der Waals surface area contributed by atoms with Crippen LogP contribution in [0.15, 0.2) is 18.3 Å². The summed E-state index contributed by atoms with van der Waals surface area (Å²) < 4.78 is 2.10. The molecular formula is C14H19N3O2. The van der Waals surface area contributed by atoms with Gasteiger partial charge in [-0.15, -0.1) is 0 Å². The zero-order valence-corrected chi connectivity index (χ0v) is 11.3. The molecule has 5 nitrogen and oxygen atoms in total. The largest absolute Gasteiger partial charge is 0.481 e. The Morgan fingerprint density at radius 3 is 3.00 bits per heavy atom. The van der Waals surface area contributed by atoms with Crippen molar-refractivity contribution in [1.82, 2.24) is 14.5 Å². The van der Waals surface area contributed by atoms with Crippen LogP contribution in [0.1, 0.15) is 32.5 Å². The summed E-state index contributed by atoms with van der Waals surface area (Å²) in [4.78, 5) is 19.7. The zero-order valence-electron chi connectivity index (χ0n) is 11.3. The van der Waals surface area contributed by atoms with Crippen molar-refractivity contribution in [3.05, 3.63) is 24.2 Å². The molecule has 0 saturated carbocycles. The molecule has 102 valence electrons. The highest BCUT2D eigenvalue weighted by Gasteiger charge is 2.15. The first-order chi connectivity index (χ1) is 9.11. The number of pyridine rings is 1. The van der Waals surface area contributed by atoms with Crippen molar-refractivity contribution in [3.63, 3.8) is 0 Å². The highest BCUT2D eigenvalue weighted by molar-refractivity contribution is 5.71. The molecule has 0 bridgehead atoms. The van der Waals surface area contributed by atoms with Crippen molar-refractivity contribution in [2.24, 2.45) is 5.92 Å². The monoisotopic (exact) mass is 261 g/mol. The Balaban J connectivity index is 2.30. The quantitative estimate of drug-likeness (QED) is 0.867. The van der Waals surface area contributed by atoms with Gasteiger partial charge in [0.25, 0.3) is 0 Å². The molecule has 1 unspecified atom stereocenters. The van der Waals surface area contributed by atoms with Crippen molar-refractivity contribution in [1.29, 1.82) is 0 Å². The van der Waals surface area contributed by atoms with E-state index in [0.29, 0.717) is 6.42 Å². The lowest BCUT2D eigenvalue weighted by Crippen LogP contribution is -2.12. The van der Waals surface area contributed by atoms with E-state index in [1.54, 1.807) is 6.20 Å². The lowest BCUT2D eigenvalue weighted by molar-refractivity contribution is -0.137. The molecule has 0 amide bonds. The van der Waals surface area contributed by atoms with Crippen LogP contribution in [0, 0.1) is 5.92 Å². The van der Waals surface area contributed by atoms with E-state index in [9.17, 15) is 4.79 Å². The van der Waals surface area contributed by atoms with Gasteiger partial charge in [0.05, 0.1) is 0 Å². The molecule has 2 rings (SSSR count). The number of rotatable bonds is 6. The van der Waals surface area contributed by atoms with Crippen LogP contribution in [0.4, 0.5) is 0 Å². The second-order valence-electron chi connectivity index (χ2n) is 4.93. The number of aromatic nitrogens is 3. The van der Waals surface area contributed by atoms with E-state index in [1.807, 2.05) is 19.1 Å². The van der Waals surface area contributed by atoms with E-state index in [1.165, 1.54) is 0 Å². The van der Waals surface area contributed by atoms with Crippen LogP contribution >= 0.6 is 0 Å². The number of carbonyl (C=O) groups is 1. The fourth-order valence-corrected chi connectivity index (χ4v) is 2.30. The van der Waals surface area contributed by atoms with Gasteiger partial charge in [0.1, 0.15) is 11.3 Å². The number of aliphatic carboxylic acids is 1. The minimum absolute atomic E-state index is 0.0740. The smallest absolute Gasteiger partial charge is 0.303 e. The summed E-state index contributed by atoms with van der Waals surface area (Å²) in [6.07, 6.45) is 3.61. The minimum Gasteiger partial charge on any atom is -0.481 e. The SMILES string of the molecule is CCCn1c(CC(C)CC(=O)O)nc2cccnc21.